The highest BCUT2D eigenvalue weighted by molar-refractivity contribution is 9.10. The van der Waals surface area contributed by atoms with Gasteiger partial charge < -0.3 is 10.6 Å². The van der Waals surface area contributed by atoms with Gasteiger partial charge in [0.1, 0.15) is 0 Å². The smallest absolute Gasteiger partial charge is 0.191 e. The van der Waals surface area contributed by atoms with Crippen LogP contribution in [0.5, 0.6) is 0 Å². The van der Waals surface area contributed by atoms with Crippen molar-refractivity contribution >= 4 is 21.9 Å². The number of halogens is 1. The molecule has 1 saturated carbocycles. The van der Waals surface area contributed by atoms with E-state index < -0.39 is 0 Å². The first-order valence-electron chi connectivity index (χ1n) is 8.07. The Kier molecular flexibility index (Phi) is 4.84. The highest BCUT2D eigenvalue weighted by Gasteiger charge is 2.34. The van der Waals surface area contributed by atoms with Gasteiger partial charge in [0.2, 0.25) is 0 Å². The fraction of sp³-hybridized carbons (Fsp3) is 0.588. The molecule has 0 bridgehead atoms. The lowest BCUT2D eigenvalue weighted by Gasteiger charge is -2.38. The van der Waals surface area contributed by atoms with Crippen LogP contribution in [0, 0.1) is 0 Å². The number of hydrogen-bond donors (Lipinski definition) is 2. The SMILES string of the molecule is Brc1ccc(C2(CNC3=NCCCN3)CCCCC2)cc1. The Labute approximate surface area is 135 Å². The molecule has 4 heteroatoms. The van der Waals surface area contributed by atoms with Crippen LogP contribution in [0.15, 0.2) is 33.7 Å². The topological polar surface area (TPSA) is 36.4 Å². The Hall–Kier alpha value is -1.03. The summed E-state index contributed by atoms with van der Waals surface area (Å²) in [5.41, 5.74) is 1.73. The number of hydrogen-bond acceptors (Lipinski definition) is 3. The van der Waals surface area contributed by atoms with Gasteiger partial charge in [-0.05, 0) is 37.0 Å². The number of nitrogens with one attached hydrogen (secondary N) is 2. The summed E-state index contributed by atoms with van der Waals surface area (Å²) in [5, 5.41) is 6.94. The number of rotatable bonds is 3. The molecule has 1 aliphatic carbocycles. The summed E-state index contributed by atoms with van der Waals surface area (Å²) in [6.07, 6.45) is 7.72. The van der Waals surface area contributed by atoms with Crippen LogP contribution in [0.3, 0.4) is 0 Å². The maximum atomic E-state index is 4.54. The van der Waals surface area contributed by atoms with Crippen molar-refractivity contribution in [2.45, 2.75) is 43.9 Å². The van der Waals surface area contributed by atoms with Gasteiger partial charge in [0.15, 0.2) is 5.96 Å². The van der Waals surface area contributed by atoms with Crippen LogP contribution in [0.4, 0.5) is 0 Å². The van der Waals surface area contributed by atoms with E-state index in [9.17, 15) is 0 Å². The molecule has 1 fully saturated rings. The summed E-state index contributed by atoms with van der Waals surface area (Å²) in [6.45, 7) is 2.97. The summed E-state index contributed by atoms with van der Waals surface area (Å²) < 4.78 is 1.16. The molecule has 21 heavy (non-hydrogen) atoms. The second-order valence-electron chi connectivity index (χ2n) is 6.21. The summed E-state index contributed by atoms with van der Waals surface area (Å²) in [4.78, 5) is 4.54. The molecule has 0 atom stereocenters. The molecular weight excluding hydrogens is 326 g/mol. The molecule has 0 saturated heterocycles. The van der Waals surface area contributed by atoms with Crippen molar-refractivity contribution in [1.29, 1.82) is 0 Å². The molecule has 1 aromatic carbocycles. The van der Waals surface area contributed by atoms with E-state index in [2.05, 4.69) is 55.8 Å². The summed E-state index contributed by atoms with van der Waals surface area (Å²) >= 11 is 3.54. The van der Waals surface area contributed by atoms with E-state index in [1.165, 1.54) is 37.7 Å². The molecule has 2 N–H and O–H groups in total. The maximum Gasteiger partial charge on any atom is 0.191 e. The zero-order chi connectivity index (χ0) is 14.5. The van der Waals surface area contributed by atoms with Gasteiger partial charge in [-0.25, -0.2) is 0 Å². The van der Waals surface area contributed by atoms with Crippen LogP contribution in [0.2, 0.25) is 0 Å². The first-order chi connectivity index (χ1) is 10.3. The highest BCUT2D eigenvalue weighted by atomic mass is 79.9. The molecular formula is C17H24BrN3. The molecule has 1 aliphatic heterocycles. The lowest BCUT2D eigenvalue weighted by molar-refractivity contribution is 0.291. The van der Waals surface area contributed by atoms with E-state index in [4.69, 9.17) is 0 Å². The second-order valence-corrected chi connectivity index (χ2v) is 7.13. The van der Waals surface area contributed by atoms with Crippen molar-refractivity contribution in [2.75, 3.05) is 19.6 Å². The van der Waals surface area contributed by atoms with Crippen LogP contribution in [-0.4, -0.2) is 25.6 Å². The van der Waals surface area contributed by atoms with Crippen molar-refractivity contribution in [2.24, 2.45) is 4.99 Å². The molecule has 0 amide bonds. The second kappa shape index (κ2) is 6.82. The highest BCUT2D eigenvalue weighted by Crippen LogP contribution is 2.39. The van der Waals surface area contributed by atoms with Gasteiger partial charge in [0.25, 0.3) is 0 Å². The lowest BCUT2D eigenvalue weighted by Crippen LogP contribution is -2.48. The van der Waals surface area contributed by atoms with E-state index >= 15 is 0 Å². The first kappa shape index (κ1) is 14.9. The van der Waals surface area contributed by atoms with Gasteiger partial charge in [-0.2, -0.15) is 0 Å². The van der Waals surface area contributed by atoms with Gasteiger partial charge in [0, 0.05) is 29.5 Å². The van der Waals surface area contributed by atoms with Crippen molar-refractivity contribution in [3.05, 3.63) is 34.3 Å². The number of guanidine groups is 1. The molecule has 0 unspecified atom stereocenters. The predicted octanol–water partition coefficient (Wildman–Crippen LogP) is 3.59. The molecule has 0 spiro atoms. The molecule has 2 aliphatic rings. The third kappa shape index (κ3) is 3.60. The van der Waals surface area contributed by atoms with Crippen LogP contribution < -0.4 is 10.6 Å². The molecule has 1 aromatic rings. The van der Waals surface area contributed by atoms with Gasteiger partial charge in [-0.15, -0.1) is 0 Å². The van der Waals surface area contributed by atoms with Gasteiger partial charge in [-0.3, -0.25) is 4.99 Å². The summed E-state index contributed by atoms with van der Waals surface area (Å²) in [7, 11) is 0. The van der Waals surface area contributed by atoms with Crippen molar-refractivity contribution in [3.8, 4) is 0 Å². The predicted molar refractivity (Wildman–Crippen MR) is 91.8 cm³/mol. The molecule has 114 valence electrons. The lowest BCUT2D eigenvalue weighted by atomic mass is 9.69. The average Bonchev–Trinajstić information content (AvgIpc) is 2.55. The van der Waals surface area contributed by atoms with Crippen molar-refractivity contribution < 1.29 is 0 Å². The number of aliphatic imine (C=N–C) groups is 1. The van der Waals surface area contributed by atoms with Crippen molar-refractivity contribution in [3.63, 3.8) is 0 Å². The third-order valence-corrected chi connectivity index (χ3v) is 5.29. The standard InChI is InChI=1S/C17H24BrN3/c18-15-7-5-14(6-8-15)17(9-2-1-3-10-17)13-21-16-19-11-4-12-20-16/h5-8H,1-4,9-13H2,(H2,19,20,21). The fourth-order valence-corrected chi connectivity index (χ4v) is 3.77. The first-order valence-corrected chi connectivity index (χ1v) is 8.86. The molecule has 0 radical (unpaired) electrons. The Morgan fingerprint density at radius 3 is 2.52 bits per heavy atom. The quantitative estimate of drug-likeness (QED) is 0.874. The van der Waals surface area contributed by atoms with Crippen LogP contribution >= 0.6 is 15.9 Å². The Morgan fingerprint density at radius 1 is 1.10 bits per heavy atom. The average molecular weight is 350 g/mol. The van der Waals surface area contributed by atoms with Crippen molar-refractivity contribution in [1.82, 2.24) is 10.6 Å². The summed E-state index contributed by atoms with van der Waals surface area (Å²) in [6, 6.07) is 8.91. The summed E-state index contributed by atoms with van der Waals surface area (Å²) in [5.74, 6) is 0.989. The minimum Gasteiger partial charge on any atom is -0.356 e. The fourth-order valence-electron chi connectivity index (χ4n) is 3.50. The van der Waals surface area contributed by atoms with Crippen LogP contribution in [0.1, 0.15) is 44.1 Å². The van der Waals surface area contributed by atoms with Gasteiger partial charge in [-0.1, -0.05) is 47.3 Å². The van der Waals surface area contributed by atoms with E-state index in [1.807, 2.05) is 0 Å². The molecule has 1 heterocycles. The largest absolute Gasteiger partial charge is 0.356 e. The van der Waals surface area contributed by atoms with E-state index in [0.717, 1.165) is 36.5 Å². The van der Waals surface area contributed by atoms with E-state index in [0.29, 0.717) is 0 Å². The zero-order valence-corrected chi connectivity index (χ0v) is 14.1. The van der Waals surface area contributed by atoms with E-state index in [1.54, 1.807) is 0 Å². The monoisotopic (exact) mass is 349 g/mol. The molecule has 0 aromatic heterocycles. The number of nitrogens with zero attached hydrogens (tertiary/aromatic N) is 1. The van der Waals surface area contributed by atoms with Crippen LogP contribution in [-0.2, 0) is 5.41 Å². The Morgan fingerprint density at radius 2 is 1.86 bits per heavy atom. The Balaban J connectivity index is 1.76. The van der Waals surface area contributed by atoms with Gasteiger partial charge in [0.05, 0.1) is 0 Å². The normalized spacial score (nSPS) is 21.3. The minimum absolute atomic E-state index is 0.264. The van der Waals surface area contributed by atoms with Crippen LogP contribution in [0.25, 0.3) is 0 Å². The molecule has 3 rings (SSSR count). The zero-order valence-electron chi connectivity index (χ0n) is 12.5. The van der Waals surface area contributed by atoms with E-state index in [-0.39, 0.29) is 5.41 Å². The van der Waals surface area contributed by atoms with Gasteiger partial charge >= 0.3 is 0 Å². The Bertz CT molecular complexity index is 489. The third-order valence-electron chi connectivity index (χ3n) is 4.76. The maximum absolute atomic E-state index is 4.54. The minimum atomic E-state index is 0.264. The molecule has 3 nitrogen and oxygen atoms in total. The number of benzene rings is 1.